The summed E-state index contributed by atoms with van der Waals surface area (Å²) in [6.07, 6.45) is 3.51. The van der Waals surface area contributed by atoms with Crippen LogP contribution in [0.3, 0.4) is 0 Å². The fourth-order valence-corrected chi connectivity index (χ4v) is 4.27. The number of carbonyl (C=O) groups is 1. The lowest BCUT2D eigenvalue weighted by Crippen LogP contribution is -2.47. The van der Waals surface area contributed by atoms with E-state index in [9.17, 15) is 4.79 Å². The van der Waals surface area contributed by atoms with Gasteiger partial charge in [-0.2, -0.15) is 0 Å². The van der Waals surface area contributed by atoms with E-state index in [-0.39, 0.29) is 11.9 Å². The molecule has 0 aliphatic carbocycles. The Labute approximate surface area is 152 Å². The van der Waals surface area contributed by atoms with Gasteiger partial charge in [-0.25, -0.2) is 0 Å². The summed E-state index contributed by atoms with van der Waals surface area (Å²) < 4.78 is 0.786. The topological polar surface area (TPSA) is 32.3 Å². The number of piperidine rings is 1. The van der Waals surface area contributed by atoms with E-state index in [0.717, 1.165) is 43.2 Å². The first-order valence-corrected chi connectivity index (χ1v) is 9.68. The third-order valence-corrected chi connectivity index (χ3v) is 5.64. The maximum Gasteiger partial charge on any atom is 0.220 e. The lowest BCUT2D eigenvalue weighted by atomic mass is 10.0. The van der Waals surface area contributed by atoms with Crippen LogP contribution in [0.1, 0.15) is 29.7 Å². The predicted molar refractivity (Wildman–Crippen MR) is 101 cm³/mol. The number of amides is 1. The highest BCUT2D eigenvalue weighted by Crippen LogP contribution is 2.22. The van der Waals surface area contributed by atoms with Crippen molar-refractivity contribution >= 4 is 28.8 Å². The third-order valence-electron chi connectivity index (χ3n) is 4.35. The quantitative estimate of drug-likeness (QED) is 0.838. The van der Waals surface area contributed by atoms with Crippen molar-refractivity contribution < 1.29 is 4.79 Å². The molecule has 3 rings (SSSR count). The molecule has 0 radical (unpaired) electrons. The van der Waals surface area contributed by atoms with Crippen molar-refractivity contribution in [2.24, 2.45) is 0 Å². The molecule has 2 aromatic rings. The van der Waals surface area contributed by atoms with Crippen LogP contribution in [0.5, 0.6) is 0 Å². The van der Waals surface area contributed by atoms with E-state index in [4.69, 9.17) is 11.6 Å². The van der Waals surface area contributed by atoms with Gasteiger partial charge in [-0.05, 0) is 43.5 Å². The van der Waals surface area contributed by atoms with Crippen LogP contribution < -0.4 is 5.32 Å². The molecule has 2 heterocycles. The summed E-state index contributed by atoms with van der Waals surface area (Å²) in [7, 11) is 0. The Morgan fingerprint density at radius 3 is 2.83 bits per heavy atom. The van der Waals surface area contributed by atoms with E-state index in [2.05, 4.69) is 34.5 Å². The Morgan fingerprint density at radius 2 is 2.08 bits per heavy atom. The molecule has 1 fully saturated rings. The molecule has 1 atom stereocenters. The maximum absolute atomic E-state index is 12.2. The summed E-state index contributed by atoms with van der Waals surface area (Å²) in [4.78, 5) is 15.8. The van der Waals surface area contributed by atoms with Gasteiger partial charge < -0.3 is 5.32 Å². The lowest BCUT2D eigenvalue weighted by Gasteiger charge is -2.33. The van der Waals surface area contributed by atoms with Crippen molar-refractivity contribution in [2.75, 3.05) is 13.1 Å². The molecule has 1 aromatic carbocycles. The molecule has 1 aromatic heterocycles. The zero-order chi connectivity index (χ0) is 16.8. The second kappa shape index (κ2) is 8.65. The summed E-state index contributed by atoms with van der Waals surface area (Å²) in [5, 5.41) is 3.20. The molecule has 5 heteroatoms. The molecule has 0 bridgehead atoms. The maximum atomic E-state index is 12.2. The molecule has 1 aliphatic heterocycles. The highest BCUT2D eigenvalue weighted by molar-refractivity contribution is 7.16. The monoisotopic (exact) mass is 362 g/mol. The van der Waals surface area contributed by atoms with Crippen LogP contribution in [0, 0.1) is 0 Å². The van der Waals surface area contributed by atoms with Crippen LogP contribution in [0.25, 0.3) is 0 Å². The average Bonchev–Trinajstić information content (AvgIpc) is 3.00. The minimum absolute atomic E-state index is 0.145. The van der Waals surface area contributed by atoms with Crippen LogP contribution in [-0.4, -0.2) is 29.9 Å². The second-order valence-corrected chi connectivity index (χ2v) is 8.13. The molecular formula is C19H23ClN2OS. The van der Waals surface area contributed by atoms with Crippen LogP contribution in [0.2, 0.25) is 4.34 Å². The van der Waals surface area contributed by atoms with Gasteiger partial charge in [-0.15, -0.1) is 11.3 Å². The number of benzene rings is 1. The number of nitrogens with one attached hydrogen (secondary N) is 1. The number of hydrogen-bond acceptors (Lipinski definition) is 3. The number of nitrogens with zero attached hydrogens (tertiary/aromatic N) is 1. The number of halogens is 1. The third kappa shape index (κ3) is 5.33. The Kier molecular flexibility index (Phi) is 6.30. The van der Waals surface area contributed by atoms with Crippen molar-refractivity contribution in [3.63, 3.8) is 0 Å². The first kappa shape index (κ1) is 17.5. The lowest BCUT2D eigenvalue weighted by molar-refractivity contribution is -0.122. The Hall–Kier alpha value is -1.36. The molecule has 1 N–H and O–H groups in total. The van der Waals surface area contributed by atoms with E-state index in [1.165, 1.54) is 10.4 Å². The van der Waals surface area contributed by atoms with E-state index in [0.29, 0.717) is 6.42 Å². The summed E-state index contributed by atoms with van der Waals surface area (Å²) in [5.74, 6) is 0.145. The number of likely N-dealkylation sites (tertiary alicyclic amines) is 1. The van der Waals surface area contributed by atoms with E-state index >= 15 is 0 Å². The molecule has 1 amide bonds. The molecule has 0 saturated carbocycles. The number of aryl methyl sites for hydroxylation is 1. The molecule has 24 heavy (non-hydrogen) atoms. The van der Waals surface area contributed by atoms with Crippen molar-refractivity contribution in [1.82, 2.24) is 10.2 Å². The second-order valence-electron chi connectivity index (χ2n) is 6.33. The largest absolute Gasteiger partial charge is 0.352 e. The van der Waals surface area contributed by atoms with E-state index < -0.39 is 0 Å². The van der Waals surface area contributed by atoms with Gasteiger partial charge in [0.2, 0.25) is 5.91 Å². The zero-order valence-corrected chi connectivity index (χ0v) is 15.3. The fraction of sp³-hybridized carbons (Fsp3) is 0.421. The Morgan fingerprint density at radius 1 is 1.25 bits per heavy atom. The van der Waals surface area contributed by atoms with Gasteiger partial charge in [0, 0.05) is 30.4 Å². The fourth-order valence-electron chi connectivity index (χ4n) is 3.18. The first-order chi connectivity index (χ1) is 11.7. The first-order valence-electron chi connectivity index (χ1n) is 8.49. The van der Waals surface area contributed by atoms with E-state index in [1.54, 1.807) is 11.3 Å². The van der Waals surface area contributed by atoms with Gasteiger partial charge in [-0.1, -0.05) is 41.9 Å². The number of hydrogen-bond donors (Lipinski definition) is 1. The standard InChI is InChI=1S/C19H23ClN2OS/c20-18-10-8-17(24-18)9-11-19(23)21-16-7-4-12-22(14-16)13-15-5-2-1-3-6-15/h1-3,5-6,8,10,16H,4,7,9,11-14H2,(H,21,23). The molecular weight excluding hydrogens is 340 g/mol. The summed E-state index contributed by atoms with van der Waals surface area (Å²) in [6.45, 7) is 3.00. The van der Waals surface area contributed by atoms with Gasteiger partial charge in [0.05, 0.1) is 4.34 Å². The minimum atomic E-state index is 0.145. The molecule has 128 valence electrons. The summed E-state index contributed by atoms with van der Waals surface area (Å²) in [5.41, 5.74) is 1.33. The predicted octanol–water partition coefficient (Wildman–Crippen LogP) is 4.11. The van der Waals surface area contributed by atoms with Crippen LogP contribution in [-0.2, 0) is 17.8 Å². The minimum Gasteiger partial charge on any atom is -0.352 e. The van der Waals surface area contributed by atoms with Gasteiger partial charge in [-0.3, -0.25) is 9.69 Å². The number of rotatable bonds is 6. The summed E-state index contributed by atoms with van der Waals surface area (Å²) in [6, 6.07) is 14.7. The zero-order valence-electron chi connectivity index (χ0n) is 13.7. The van der Waals surface area contributed by atoms with Gasteiger partial charge in [0.1, 0.15) is 0 Å². The van der Waals surface area contributed by atoms with E-state index in [1.807, 2.05) is 18.2 Å². The van der Waals surface area contributed by atoms with Gasteiger partial charge >= 0.3 is 0 Å². The van der Waals surface area contributed by atoms with Crippen molar-refractivity contribution in [2.45, 2.75) is 38.3 Å². The Bertz CT molecular complexity index is 658. The van der Waals surface area contributed by atoms with Crippen LogP contribution in [0.15, 0.2) is 42.5 Å². The molecule has 1 saturated heterocycles. The molecule has 0 spiro atoms. The smallest absolute Gasteiger partial charge is 0.220 e. The number of thiophene rings is 1. The van der Waals surface area contributed by atoms with Crippen molar-refractivity contribution in [1.29, 1.82) is 0 Å². The SMILES string of the molecule is O=C(CCc1ccc(Cl)s1)NC1CCCN(Cc2ccccc2)C1. The number of carbonyl (C=O) groups excluding carboxylic acids is 1. The van der Waals surface area contributed by atoms with Crippen molar-refractivity contribution in [3.05, 3.63) is 57.2 Å². The Balaban J connectivity index is 1.43. The molecule has 1 aliphatic rings. The average molecular weight is 363 g/mol. The van der Waals surface area contributed by atoms with Crippen molar-refractivity contribution in [3.8, 4) is 0 Å². The normalized spacial score (nSPS) is 18.5. The van der Waals surface area contributed by atoms with Gasteiger partial charge in [0.15, 0.2) is 0 Å². The molecule has 3 nitrogen and oxygen atoms in total. The van der Waals surface area contributed by atoms with Crippen LogP contribution >= 0.6 is 22.9 Å². The molecule has 1 unspecified atom stereocenters. The summed E-state index contributed by atoms with van der Waals surface area (Å²) >= 11 is 7.48. The highest BCUT2D eigenvalue weighted by Gasteiger charge is 2.21. The highest BCUT2D eigenvalue weighted by atomic mass is 35.5. The van der Waals surface area contributed by atoms with Crippen LogP contribution in [0.4, 0.5) is 0 Å². The van der Waals surface area contributed by atoms with Gasteiger partial charge in [0.25, 0.3) is 0 Å².